The summed E-state index contributed by atoms with van der Waals surface area (Å²) < 4.78 is 1.64. The van der Waals surface area contributed by atoms with Crippen molar-refractivity contribution >= 4 is 16.9 Å². The summed E-state index contributed by atoms with van der Waals surface area (Å²) in [4.78, 5) is 23.3. The third-order valence-electron chi connectivity index (χ3n) is 3.72. The molecule has 0 aliphatic heterocycles. The number of aromatic nitrogens is 1. The Bertz CT molecular complexity index is 715. The molecular formula is C16H19NO3. The Morgan fingerprint density at radius 2 is 2.05 bits per heavy atom. The number of benzene rings is 1. The molecule has 1 aromatic heterocycles. The topological polar surface area (TPSA) is 59.3 Å². The minimum atomic E-state index is -0.880. The van der Waals surface area contributed by atoms with E-state index in [1.54, 1.807) is 18.5 Å². The fraction of sp³-hybridized carbons (Fsp3) is 0.375. The van der Waals surface area contributed by atoms with Crippen molar-refractivity contribution in [1.82, 2.24) is 4.57 Å². The highest BCUT2D eigenvalue weighted by Gasteiger charge is 2.16. The van der Waals surface area contributed by atoms with Gasteiger partial charge in [0.05, 0.1) is 11.4 Å². The summed E-state index contributed by atoms with van der Waals surface area (Å²) in [7, 11) is 1.75. The molecule has 2 rings (SSSR count). The Morgan fingerprint density at radius 1 is 1.35 bits per heavy atom. The lowest BCUT2D eigenvalue weighted by molar-refractivity contribution is -0.141. The maximum absolute atomic E-state index is 12.4. The molecule has 0 fully saturated rings. The third-order valence-corrected chi connectivity index (χ3v) is 3.72. The fourth-order valence-corrected chi connectivity index (χ4v) is 2.55. The lowest BCUT2D eigenvalue weighted by atomic mass is 9.99. The highest BCUT2D eigenvalue weighted by atomic mass is 16.4. The monoisotopic (exact) mass is 273 g/mol. The highest BCUT2D eigenvalue weighted by molar-refractivity contribution is 5.83. The molecule has 4 heteroatoms. The van der Waals surface area contributed by atoms with Crippen molar-refractivity contribution in [1.29, 1.82) is 0 Å². The van der Waals surface area contributed by atoms with E-state index in [9.17, 15) is 9.59 Å². The van der Waals surface area contributed by atoms with Gasteiger partial charge in [-0.1, -0.05) is 32.0 Å². The highest BCUT2D eigenvalue weighted by Crippen LogP contribution is 2.19. The standard InChI is InChI=1S/C16H19NO3/c1-4-11-6-5-7-12-9-13(8-10(2)16(19)20)15(18)17(3)14(11)12/h5-7,9-10H,4,8H2,1-3H3,(H,19,20). The number of carbonyl (C=O) groups is 1. The summed E-state index contributed by atoms with van der Waals surface area (Å²) in [5.74, 6) is -1.44. The van der Waals surface area contributed by atoms with Gasteiger partial charge in [0.15, 0.2) is 0 Å². The predicted molar refractivity (Wildman–Crippen MR) is 79.1 cm³/mol. The van der Waals surface area contributed by atoms with E-state index in [2.05, 4.69) is 6.92 Å². The number of fused-ring (bicyclic) bond motifs is 1. The second kappa shape index (κ2) is 5.49. The summed E-state index contributed by atoms with van der Waals surface area (Å²) in [5.41, 5.74) is 2.52. The minimum absolute atomic E-state index is 0.105. The summed E-state index contributed by atoms with van der Waals surface area (Å²) in [5, 5.41) is 9.98. The molecule has 0 aliphatic rings. The molecule has 1 heterocycles. The molecule has 0 saturated carbocycles. The average molecular weight is 273 g/mol. The number of hydrogen-bond donors (Lipinski definition) is 1. The van der Waals surface area contributed by atoms with Crippen LogP contribution in [0.5, 0.6) is 0 Å². The van der Waals surface area contributed by atoms with Crippen molar-refractivity contribution in [3.05, 3.63) is 45.7 Å². The number of carboxylic acid groups (broad SMARTS) is 1. The van der Waals surface area contributed by atoms with Gasteiger partial charge in [0, 0.05) is 12.6 Å². The van der Waals surface area contributed by atoms with Crippen LogP contribution in [-0.2, 0) is 24.7 Å². The van der Waals surface area contributed by atoms with Gasteiger partial charge in [0.2, 0.25) is 0 Å². The van der Waals surface area contributed by atoms with Crippen molar-refractivity contribution in [3.63, 3.8) is 0 Å². The second-order valence-electron chi connectivity index (χ2n) is 5.19. The summed E-state index contributed by atoms with van der Waals surface area (Å²) in [6, 6.07) is 7.77. The fourth-order valence-electron chi connectivity index (χ4n) is 2.55. The van der Waals surface area contributed by atoms with Gasteiger partial charge in [-0.25, -0.2) is 0 Å². The van der Waals surface area contributed by atoms with Crippen LogP contribution in [0.2, 0.25) is 0 Å². The Morgan fingerprint density at radius 3 is 2.65 bits per heavy atom. The number of hydrogen-bond acceptors (Lipinski definition) is 2. The van der Waals surface area contributed by atoms with E-state index in [4.69, 9.17) is 5.11 Å². The second-order valence-corrected chi connectivity index (χ2v) is 5.19. The number of para-hydroxylation sites is 1. The first-order chi connectivity index (χ1) is 9.45. The minimum Gasteiger partial charge on any atom is -0.481 e. The van der Waals surface area contributed by atoms with Crippen molar-refractivity contribution in [2.75, 3.05) is 0 Å². The maximum Gasteiger partial charge on any atom is 0.306 e. The number of rotatable bonds is 4. The van der Waals surface area contributed by atoms with Crippen LogP contribution in [-0.4, -0.2) is 15.6 Å². The van der Waals surface area contributed by atoms with Gasteiger partial charge in [0.1, 0.15) is 0 Å². The molecule has 0 radical (unpaired) electrons. The van der Waals surface area contributed by atoms with Crippen LogP contribution in [0.15, 0.2) is 29.1 Å². The molecule has 4 nitrogen and oxygen atoms in total. The molecule has 0 spiro atoms. The van der Waals surface area contributed by atoms with Crippen molar-refractivity contribution in [3.8, 4) is 0 Å². The van der Waals surface area contributed by atoms with Crippen LogP contribution in [0, 0.1) is 5.92 Å². The van der Waals surface area contributed by atoms with Gasteiger partial charge >= 0.3 is 5.97 Å². The van der Waals surface area contributed by atoms with Crippen LogP contribution in [0.4, 0.5) is 0 Å². The molecule has 1 unspecified atom stereocenters. The molecule has 0 saturated heterocycles. The van der Waals surface area contributed by atoms with Crippen LogP contribution in [0.1, 0.15) is 25.0 Å². The van der Waals surface area contributed by atoms with Gasteiger partial charge in [-0.3, -0.25) is 9.59 Å². The van der Waals surface area contributed by atoms with E-state index in [0.717, 1.165) is 22.9 Å². The Hall–Kier alpha value is -2.10. The zero-order valence-electron chi connectivity index (χ0n) is 12.0. The zero-order chi connectivity index (χ0) is 14.9. The van der Waals surface area contributed by atoms with E-state index in [-0.39, 0.29) is 12.0 Å². The van der Waals surface area contributed by atoms with Gasteiger partial charge < -0.3 is 9.67 Å². The molecule has 1 atom stereocenters. The van der Waals surface area contributed by atoms with E-state index in [0.29, 0.717) is 5.56 Å². The number of aliphatic carboxylic acids is 1. The summed E-state index contributed by atoms with van der Waals surface area (Å²) in [6.07, 6.45) is 1.11. The molecule has 0 aliphatic carbocycles. The van der Waals surface area contributed by atoms with E-state index < -0.39 is 11.9 Å². The van der Waals surface area contributed by atoms with Crippen molar-refractivity contribution in [2.45, 2.75) is 26.7 Å². The van der Waals surface area contributed by atoms with E-state index in [1.165, 1.54) is 0 Å². The van der Waals surface area contributed by atoms with Gasteiger partial charge in [-0.15, -0.1) is 0 Å². The molecule has 106 valence electrons. The van der Waals surface area contributed by atoms with E-state index in [1.807, 2.05) is 24.3 Å². The quantitative estimate of drug-likeness (QED) is 0.930. The maximum atomic E-state index is 12.4. The molecular weight excluding hydrogens is 254 g/mol. The number of nitrogens with zero attached hydrogens (tertiary/aromatic N) is 1. The first kappa shape index (κ1) is 14.3. The summed E-state index contributed by atoms with van der Waals surface area (Å²) >= 11 is 0. The Labute approximate surface area is 117 Å². The number of pyridine rings is 1. The van der Waals surface area contributed by atoms with Crippen molar-refractivity contribution in [2.24, 2.45) is 13.0 Å². The predicted octanol–water partition coefficient (Wildman–Crippen LogP) is 2.36. The van der Waals surface area contributed by atoms with Crippen molar-refractivity contribution < 1.29 is 9.90 Å². The van der Waals surface area contributed by atoms with Gasteiger partial charge in [-0.05, 0) is 29.9 Å². The molecule has 0 amide bonds. The first-order valence-corrected chi connectivity index (χ1v) is 6.79. The summed E-state index contributed by atoms with van der Waals surface area (Å²) in [6.45, 7) is 3.67. The SMILES string of the molecule is CCc1cccc2cc(CC(C)C(=O)O)c(=O)n(C)c12. The molecule has 1 aromatic carbocycles. The first-order valence-electron chi connectivity index (χ1n) is 6.79. The smallest absolute Gasteiger partial charge is 0.306 e. The Balaban J connectivity index is 2.63. The Kier molecular flexibility index (Phi) is 3.93. The van der Waals surface area contributed by atoms with Gasteiger partial charge in [0.25, 0.3) is 5.56 Å². The normalized spacial score (nSPS) is 12.6. The lowest BCUT2D eigenvalue weighted by Crippen LogP contribution is -2.25. The van der Waals surface area contributed by atoms with Crippen LogP contribution in [0.3, 0.4) is 0 Å². The van der Waals surface area contributed by atoms with Crippen LogP contribution < -0.4 is 5.56 Å². The number of aryl methyl sites for hydroxylation is 2. The third kappa shape index (κ3) is 2.46. The van der Waals surface area contributed by atoms with Gasteiger partial charge in [-0.2, -0.15) is 0 Å². The lowest BCUT2D eigenvalue weighted by Gasteiger charge is -2.13. The largest absolute Gasteiger partial charge is 0.481 e. The molecule has 1 N–H and O–H groups in total. The molecule has 20 heavy (non-hydrogen) atoms. The molecule has 0 bridgehead atoms. The van der Waals surface area contributed by atoms with Crippen LogP contribution >= 0.6 is 0 Å². The van der Waals surface area contributed by atoms with Crippen LogP contribution in [0.25, 0.3) is 10.9 Å². The zero-order valence-corrected chi connectivity index (χ0v) is 12.0. The average Bonchev–Trinajstić information content (AvgIpc) is 2.43. The molecule has 2 aromatic rings. The number of carboxylic acids is 1. The van der Waals surface area contributed by atoms with E-state index >= 15 is 0 Å².